The Morgan fingerprint density at radius 1 is 1.30 bits per heavy atom. The van der Waals surface area contributed by atoms with Crippen molar-refractivity contribution in [2.24, 2.45) is 5.92 Å². The Labute approximate surface area is 118 Å². The molecule has 1 N–H and O–H groups in total. The lowest BCUT2D eigenvalue weighted by Crippen LogP contribution is -2.53. The first-order valence-corrected chi connectivity index (χ1v) is 7.15. The van der Waals surface area contributed by atoms with Gasteiger partial charge in [0.15, 0.2) is 0 Å². The lowest BCUT2D eigenvalue weighted by molar-refractivity contribution is 0.0696. The number of anilines is 1. The van der Waals surface area contributed by atoms with E-state index in [-0.39, 0.29) is 5.56 Å². The molecule has 2 saturated heterocycles. The van der Waals surface area contributed by atoms with E-state index in [4.69, 9.17) is 5.11 Å². The maximum Gasteiger partial charge on any atom is 0.338 e. The molecule has 6 heteroatoms. The normalized spacial score (nSPS) is 27.1. The average Bonchev–Trinajstić information content (AvgIpc) is 2.47. The number of hydrogen-bond acceptors (Lipinski definition) is 5. The second-order valence-corrected chi connectivity index (χ2v) is 5.76. The number of hydrogen-bond donors (Lipinski definition) is 1. The first-order chi connectivity index (χ1) is 9.65. The monoisotopic (exact) mass is 276 g/mol. The molecule has 0 saturated carbocycles. The van der Waals surface area contributed by atoms with Crippen LogP contribution in [0, 0.1) is 5.92 Å². The Morgan fingerprint density at radius 2 is 2.05 bits per heavy atom. The van der Waals surface area contributed by atoms with Gasteiger partial charge in [0.1, 0.15) is 0 Å². The van der Waals surface area contributed by atoms with E-state index in [2.05, 4.69) is 26.8 Å². The number of rotatable bonds is 2. The molecular formula is C14H20N4O2. The lowest BCUT2D eigenvalue weighted by atomic mass is 9.84. The minimum Gasteiger partial charge on any atom is -0.478 e. The zero-order valence-electron chi connectivity index (χ0n) is 11.7. The molecule has 3 rings (SSSR count). The molecule has 2 aliphatic heterocycles. The summed E-state index contributed by atoms with van der Waals surface area (Å²) >= 11 is 0. The van der Waals surface area contributed by atoms with Crippen molar-refractivity contribution in [3.8, 4) is 0 Å². The second-order valence-electron chi connectivity index (χ2n) is 5.76. The van der Waals surface area contributed by atoms with Gasteiger partial charge < -0.3 is 14.9 Å². The molecule has 0 bridgehead atoms. The third kappa shape index (κ3) is 2.47. The molecule has 0 aromatic carbocycles. The predicted molar refractivity (Wildman–Crippen MR) is 75.0 cm³/mol. The van der Waals surface area contributed by atoms with Crippen molar-refractivity contribution in [2.75, 3.05) is 31.6 Å². The molecule has 2 unspecified atom stereocenters. The summed E-state index contributed by atoms with van der Waals surface area (Å²) in [6, 6.07) is 0.679. The summed E-state index contributed by atoms with van der Waals surface area (Å²) < 4.78 is 0. The van der Waals surface area contributed by atoms with Gasteiger partial charge in [-0.1, -0.05) is 0 Å². The van der Waals surface area contributed by atoms with Crippen LogP contribution < -0.4 is 4.90 Å². The van der Waals surface area contributed by atoms with Gasteiger partial charge in [0.25, 0.3) is 0 Å². The molecule has 0 spiro atoms. The Morgan fingerprint density at radius 3 is 2.75 bits per heavy atom. The van der Waals surface area contributed by atoms with E-state index in [1.54, 1.807) is 0 Å². The zero-order valence-corrected chi connectivity index (χ0v) is 11.7. The number of piperidine rings is 2. The number of nitrogens with zero attached hydrogens (tertiary/aromatic N) is 4. The topological polar surface area (TPSA) is 69.6 Å². The van der Waals surface area contributed by atoms with Crippen LogP contribution in [0.25, 0.3) is 0 Å². The summed E-state index contributed by atoms with van der Waals surface area (Å²) in [6.07, 6.45) is 6.43. The van der Waals surface area contributed by atoms with Crippen LogP contribution in [-0.4, -0.2) is 58.7 Å². The van der Waals surface area contributed by atoms with Crippen molar-refractivity contribution >= 4 is 11.9 Å². The highest BCUT2D eigenvalue weighted by Crippen LogP contribution is 2.30. The van der Waals surface area contributed by atoms with Gasteiger partial charge in [-0.25, -0.2) is 14.8 Å². The van der Waals surface area contributed by atoms with Gasteiger partial charge >= 0.3 is 5.97 Å². The quantitative estimate of drug-likeness (QED) is 0.872. The number of likely N-dealkylation sites (tertiary alicyclic amines) is 1. The standard InChI is InChI=1S/C14H20N4O2/c1-17-5-2-3-10-9-18(6-4-12(10)17)14-15-7-11(8-16-14)13(19)20/h7-8,10,12H,2-6,9H2,1H3,(H,19,20). The third-order valence-electron chi connectivity index (χ3n) is 4.51. The molecule has 0 amide bonds. The summed E-state index contributed by atoms with van der Waals surface area (Å²) in [6.45, 7) is 3.12. The Bertz CT molecular complexity index is 490. The molecule has 2 aliphatic rings. The first-order valence-electron chi connectivity index (χ1n) is 7.15. The predicted octanol–water partition coefficient (Wildman–Crippen LogP) is 1.10. The van der Waals surface area contributed by atoms with Crippen molar-refractivity contribution < 1.29 is 9.90 Å². The van der Waals surface area contributed by atoms with Crippen LogP contribution in [0.4, 0.5) is 5.95 Å². The molecule has 3 heterocycles. The van der Waals surface area contributed by atoms with Crippen molar-refractivity contribution in [3.05, 3.63) is 18.0 Å². The zero-order chi connectivity index (χ0) is 14.1. The highest BCUT2D eigenvalue weighted by atomic mass is 16.4. The van der Waals surface area contributed by atoms with Gasteiger partial charge in [-0.2, -0.15) is 0 Å². The average molecular weight is 276 g/mol. The number of aromatic carboxylic acids is 1. The lowest BCUT2D eigenvalue weighted by Gasteiger charge is -2.45. The van der Waals surface area contributed by atoms with E-state index in [0.717, 1.165) is 19.5 Å². The van der Waals surface area contributed by atoms with Crippen LogP contribution in [0.2, 0.25) is 0 Å². The summed E-state index contributed by atoms with van der Waals surface area (Å²) in [4.78, 5) is 23.9. The van der Waals surface area contributed by atoms with Gasteiger partial charge in [-0.3, -0.25) is 0 Å². The number of carboxylic acids is 1. The van der Waals surface area contributed by atoms with E-state index in [0.29, 0.717) is 17.9 Å². The second kappa shape index (κ2) is 5.36. The summed E-state index contributed by atoms with van der Waals surface area (Å²) in [5.41, 5.74) is 0.140. The molecule has 0 radical (unpaired) electrons. The maximum absolute atomic E-state index is 10.8. The number of carboxylic acid groups (broad SMARTS) is 1. The van der Waals surface area contributed by atoms with Crippen LogP contribution in [0.15, 0.2) is 12.4 Å². The molecule has 108 valence electrons. The fourth-order valence-electron chi connectivity index (χ4n) is 3.43. The summed E-state index contributed by atoms with van der Waals surface area (Å²) in [5, 5.41) is 8.87. The summed E-state index contributed by atoms with van der Waals surface area (Å²) in [7, 11) is 2.21. The highest BCUT2D eigenvalue weighted by molar-refractivity contribution is 5.86. The fraction of sp³-hybridized carbons (Fsp3) is 0.643. The van der Waals surface area contributed by atoms with E-state index >= 15 is 0 Å². The molecule has 20 heavy (non-hydrogen) atoms. The van der Waals surface area contributed by atoms with E-state index < -0.39 is 5.97 Å². The van der Waals surface area contributed by atoms with E-state index in [9.17, 15) is 4.79 Å². The van der Waals surface area contributed by atoms with E-state index in [1.807, 2.05) is 0 Å². The van der Waals surface area contributed by atoms with E-state index in [1.165, 1.54) is 31.8 Å². The smallest absolute Gasteiger partial charge is 0.338 e. The minimum absolute atomic E-state index is 0.140. The van der Waals surface area contributed by atoms with Crippen LogP contribution in [0.3, 0.4) is 0 Å². The van der Waals surface area contributed by atoms with Crippen molar-refractivity contribution in [1.29, 1.82) is 0 Å². The number of aromatic nitrogens is 2. The summed E-state index contributed by atoms with van der Waals surface area (Å²) in [5.74, 6) is 0.344. The van der Waals surface area contributed by atoms with Crippen LogP contribution in [-0.2, 0) is 0 Å². The Kier molecular flexibility index (Phi) is 3.56. The van der Waals surface area contributed by atoms with Gasteiger partial charge in [0, 0.05) is 31.5 Å². The van der Waals surface area contributed by atoms with Gasteiger partial charge in [0.2, 0.25) is 5.95 Å². The van der Waals surface area contributed by atoms with Gasteiger partial charge in [-0.05, 0) is 38.8 Å². The largest absolute Gasteiger partial charge is 0.478 e. The molecule has 6 nitrogen and oxygen atoms in total. The minimum atomic E-state index is -0.982. The SMILES string of the molecule is CN1CCCC2CN(c3ncc(C(=O)O)cn3)CCC21. The maximum atomic E-state index is 10.8. The molecule has 2 fully saturated rings. The first kappa shape index (κ1) is 13.3. The number of carbonyl (C=O) groups is 1. The Balaban J connectivity index is 1.71. The molecule has 2 atom stereocenters. The fourth-order valence-corrected chi connectivity index (χ4v) is 3.43. The number of fused-ring (bicyclic) bond motifs is 1. The van der Waals surface area contributed by atoms with Crippen LogP contribution in [0.1, 0.15) is 29.6 Å². The van der Waals surface area contributed by atoms with Gasteiger partial charge in [0.05, 0.1) is 5.56 Å². The molecule has 0 aliphatic carbocycles. The van der Waals surface area contributed by atoms with Crippen molar-refractivity contribution in [3.63, 3.8) is 0 Å². The van der Waals surface area contributed by atoms with Crippen LogP contribution in [0.5, 0.6) is 0 Å². The molecular weight excluding hydrogens is 256 g/mol. The third-order valence-corrected chi connectivity index (χ3v) is 4.51. The van der Waals surface area contributed by atoms with Crippen molar-refractivity contribution in [2.45, 2.75) is 25.3 Å². The van der Waals surface area contributed by atoms with Crippen LogP contribution >= 0.6 is 0 Å². The van der Waals surface area contributed by atoms with Crippen molar-refractivity contribution in [1.82, 2.24) is 14.9 Å². The van der Waals surface area contributed by atoms with Gasteiger partial charge in [-0.15, -0.1) is 0 Å². The molecule has 1 aromatic rings. The highest BCUT2D eigenvalue weighted by Gasteiger charge is 2.34. The molecule has 1 aromatic heterocycles. The Hall–Kier alpha value is -1.69.